The van der Waals surface area contributed by atoms with E-state index in [1.165, 1.54) is 6.21 Å². The predicted octanol–water partition coefficient (Wildman–Crippen LogP) is 2.37. The van der Waals surface area contributed by atoms with E-state index in [2.05, 4.69) is 4.98 Å². The van der Waals surface area contributed by atoms with Gasteiger partial charge in [0.05, 0.1) is 11.1 Å². The monoisotopic (exact) mass is 306 g/mol. The molecule has 0 amide bonds. The van der Waals surface area contributed by atoms with E-state index in [0.29, 0.717) is 11.1 Å². The van der Waals surface area contributed by atoms with Crippen molar-refractivity contribution in [3.8, 4) is 0 Å². The summed E-state index contributed by atoms with van der Waals surface area (Å²) in [5, 5.41) is 12.8. The number of sulfone groups is 1. The van der Waals surface area contributed by atoms with Crippen LogP contribution in [0.3, 0.4) is 0 Å². The van der Waals surface area contributed by atoms with Gasteiger partial charge in [-0.15, -0.1) is 0 Å². The van der Waals surface area contributed by atoms with E-state index in [-0.39, 0.29) is 5.03 Å². The van der Waals surface area contributed by atoms with Gasteiger partial charge in [0.2, 0.25) is 0 Å². The third kappa shape index (κ3) is 3.39. The van der Waals surface area contributed by atoms with Crippen LogP contribution in [-0.2, 0) is 9.84 Å². The molecule has 112 valence electrons. The standard InChI is InChI=1S/C15H18N2O3S/c1-15(2,3)17(18)10-12-9-11-7-5-6-8-13(11)16-14(12)21(4,19)20/h5-10H,1-4H3. The first kappa shape index (κ1) is 15.4. The molecule has 0 fully saturated rings. The Kier molecular flexibility index (Phi) is 3.76. The predicted molar refractivity (Wildman–Crippen MR) is 83.4 cm³/mol. The molecular formula is C15H18N2O3S. The van der Waals surface area contributed by atoms with Gasteiger partial charge in [0.25, 0.3) is 0 Å². The average Bonchev–Trinajstić information content (AvgIpc) is 2.35. The molecule has 0 bridgehead atoms. The molecule has 0 saturated carbocycles. The second kappa shape index (κ2) is 5.11. The Labute approximate surface area is 124 Å². The Morgan fingerprint density at radius 1 is 1.24 bits per heavy atom. The van der Waals surface area contributed by atoms with E-state index in [4.69, 9.17) is 0 Å². The van der Waals surface area contributed by atoms with E-state index in [0.717, 1.165) is 16.4 Å². The van der Waals surface area contributed by atoms with Crippen LogP contribution in [0.1, 0.15) is 26.3 Å². The smallest absolute Gasteiger partial charge is 0.193 e. The number of aromatic nitrogens is 1. The largest absolute Gasteiger partial charge is 0.623 e. The molecule has 1 heterocycles. The molecule has 1 aromatic heterocycles. The van der Waals surface area contributed by atoms with Crippen molar-refractivity contribution in [3.63, 3.8) is 0 Å². The summed E-state index contributed by atoms with van der Waals surface area (Å²) in [5.74, 6) is 0. The molecule has 0 radical (unpaired) electrons. The number of hydroxylamine groups is 1. The molecule has 2 rings (SSSR count). The van der Waals surface area contributed by atoms with E-state index < -0.39 is 15.4 Å². The molecule has 6 heteroatoms. The second-order valence-corrected chi connectivity index (χ2v) is 7.90. The van der Waals surface area contributed by atoms with Crippen LogP contribution in [0.2, 0.25) is 0 Å². The topological polar surface area (TPSA) is 73.1 Å². The zero-order valence-corrected chi connectivity index (χ0v) is 13.3. The fourth-order valence-electron chi connectivity index (χ4n) is 1.82. The fraction of sp³-hybridized carbons (Fsp3) is 0.333. The Balaban J connectivity index is 2.77. The summed E-state index contributed by atoms with van der Waals surface area (Å²) in [6.45, 7) is 5.27. The van der Waals surface area contributed by atoms with Crippen molar-refractivity contribution in [1.82, 2.24) is 4.98 Å². The SMILES string of the molecule is CC(C)(C)[N+]([O-])=Cc1cc2ccccc2nc1S(C)(=O)=O. The van der Waals surface area contributed by atoms with Crippen LogP contribution in [-0.4, -0.2) is 36.1 Å². The summed E-state index contributed by atoms with van der Waals surface area (Å²) < 4.78 is 24.6. The van der Waals surface area contributed by atoms with Gasteiger partial charge >= 0.3 is 0 Å². The van der Waals surface area contributed by atoms with Gasteiger partial charge in [0.15, 0.2) is 26.6 Å². The van der Waals surface area contributed by atoms with Crippen molar-refractivity contribution in [2.45, 2.75) is 31.3 Å². The summed E-state index contributed by atoms with van der Waals surface area (Å²) >= 11 is 0. The Bertz CT molecular complexity index is 818. The van der Waals surface area contributed by atoms with Gasteiger partial charge in [-0.3, -0.25) is 0 Å². The molecule has 2 aromatic rings. The van der Waals surface area contributed by atoms with Gasteiger partial charge in [0.1, 0.15) is 0 Å². The molecule has 5 nitrogen and oxygen atoms in total. The first-order valence-corrected chi connectivity index (χ1v) is 8.39. The number of nitrogens with zero attached hydrogens (tertiary/aromatic N) is 2. The minimum atomic E-state index is -3.52. The molecule has 1 aromatic carbocycles. The number of rotatable bonds is 2. The van der Waals surface area contributed by atoms with Crippen LogP contribution in [0.15, 0.2) is 35.4 Å². The van der Waals surface area contributed by atoms with Gasteiger partial charge in [-0.2, -0.15) is 0 Å². The fourth-order valence-corrected chi connectivity index (χ4v) is 2.63. The molecule has 0 aliphatic carbocycles. The third-order valence-corrected chi connectivity index (χ3v) is 4.01. The molecule has 0 N–H and O–H groups in total. The van der Waals surface area contributed by atoms with Crippen molar-refractivity contribution < 1.29 is 13.2 Å². The molecule has 0 atom stereocenters. The van der Waals surface area contributed by atoms with Crippen LogP contribution < -0.4 is 0 Å². The highest BCUT2D eigenvalue weighted by atomic mass is 32.2. The normalized spacial score (nSPS) is 13.6. The van der Waals surface area contributed by atoms with E-state index >= 15 is 0 Å². The maximum atomic E-state index is 12.1. The van der Waals surface area contributed by atoms with E-state index in [1.807, 2.05) is 12.1 Å². The second-order valence-electron chi connectivity index (χ2n) is 5.97. The zero-order chi connectivity index (χ0) is 15.8. The first-order valence-electron chi connectivity index (χ1n) is 6.50. The summed E-state index contributed by atoms with van der Waals surface area (Å²) in [6, 6.07) is 8.88. The average molecular weight is 306 g/mol. The van der Waals surface area contributed by atoms with E-state index in [9.17, 15) is 13.6 Å². The molecular weight excluding hydrogens is 288 g/mol. The summed E-state index contributed by atoms with van der Waals surface area (Å²) in [4.78, 5) is 4.20. The van der Waals surface area contributed by atoms with Gasteiger partial charge in [-0.25, -0.2) is 18.1 Å². The number of fused-ring (bicyclic) bond motifs is 1. The molecule has 21 heavy (non-hydrogen) atoms. The Hall–Kier alpha value is -1.95. The molecule has 0 saturated heterocycles. The zero-order valence-electron chi connectivity index (χ0n) is 12.5. The van der Waals surface area contributed by atoms with Gasteiger partial charge in [-0.05, 0) is 12.1 Å². The molecule has 0 unspecified atom stereocenters. The number of pyridine rings is 1. The molecule has 0 spiro atoms. The Morgan fingerprint density at radius 2 is 1.86 bits per heavy atom. The summed E-state index contributed by atoms with van der Waals surface area (Å²) in [6.07, 6.45) is 2.38. The van der Waals surface area contributed by atoms with Crippen LogP contribution in [0.5, 0.6) is 0 Å². The lowest BCUT2D eigenvalue weighted by molar-refractivity contribution is -0.530. The van der Waals surface area contributed by atoms with Gasteiger partial charge in [-0.1, -0.05) is 18.2 Å². The maximum Gasteiger partial charge on any atom is 0.193 e. The van der Waals surface area contributed by atoms with Crippen LogP contribution >= 0.6 is 0 Å². The minimum Gasteiger partial charge on any atom is -0.623 e. The number of para-hydroxylation sites is 1. The van der Waals surface area contributed by atoms with Gasteiger partial charge in [0, 0.05) is 32.4 Å². The quantitative estimate of drug-likeness (QED) is 0.369. The Morgan fingerprint density at radius 3 is 2.43 bits per heavy atom. The third-order valence-electron chi connectivity index (χ3n) is 2.99. The maximum absolute atomic E-state index is 12.1. The van der Waals surface area contributed by atoms with Crippen molar-refractivity contribution in [1.29, 1.82) is 0 Å². The van der Waals surface area contributed by atoms with Crippen molar-refractivity contribution in [2.75, 3.05) is 6.26 Å². The lowest BCUT2D eigenvalue weighted by Gasteiger charge is -2.19. The van der Waals surface area contributed by atoms with Crippen LogP contribution in [0.25, 0.3) is 10.9 Å². The first-order chi connectivity index (χ1) is 9.59. The number of hydrogen-bond acceptors (Lipinski definition) is 4. The lowest BCUT2D eigenvalue weighted by atomic mass is 10.1. The highest BCUT2D eigenvalue weighted by molar-refractivity contribution is 7.90. The van der Waals surface area contributed by atoms with Crippen molar-refractivity contribution in [2.24, 2.45) is 0 Å². The summed E-state index contributed by atoms with van der Waals surface area (Å²) in [5.41, 5.74) is 0.241. The number of benzene rings is 1. The van der Waals surface area contributed by atoms with Crippen LogP contribution in [0.4, 0.5) is 0 Å². The minimum absolute atomic E-state index is 0.0775. The highest BCUT2D eigenvalue weighted by Gasteiger charge is 2.22. The van der Waals surface area contributed by atoms with Crippen molar-refractivity contribution >= 4 is 27.0 Å². The van der Waals surface area contributed by atoms with E-state index in [1.54, 1.807) is 39.0 Å². The highest BCUT2D eigenvalue weighted by Crippen LogP contribution is 2.19. The molecule has 0 aliphatic rings. The van der Waals surface area contributed by atoms with Crippen LogP contribution in [0, 0.1) is 5.21 Å². The summed E-state index contributed by atoms with van der Waals surface area (Å²) in [7, 11) is -3.52. The molecule has 0 aliphatic heterocycles. The number of hydrogen-bond donors (Lipinski definition) is 0. The van der Waals surface area contributed by atoms with Gasteiger partial charge < -0.3 is 5.21 Å². The lowest BCUT2D eigenvalue weighted by Crippen LogP contribution is -2.29. The van der Waals surface area contributed by atoms with Crippen molar-refractivity contribution in [3.05, 3.63) is 41.1 Å².